The van der Waals surface area contributed by atoms with Crippen LogP contribution in [0.4, 0.5) is 5.69 Å². The van der Waals surface area contributed by atoms with Crippen LogP contribution in [0, 0.1) is 0 Å². The van der Waals surface area contributed by atoms with Gasteiger partial charge in [-0.15, -0.1) is 11.6 Å². The number of hydrogen-bond donors (Lipinski definition) is 0. The minimum Gasteiger partial charge on any atom is -0.353 e. The molecule has 0 aliphatic carbocycles. The van der Waals surface area contributed by atoms with Crippen LogP contribution in [-0.4, -0.2) is 38.1 Å². The van der Waals surface area contributed by atoms with Crippen LogP contribution in [0.2, 0.25) is 0 Å². The number of rotatable bonds is 3. The second kappa shape index (κ2) is 6.24. The van der Waals surface area contributed by atoms with E-state index in [4.69, 9.17) is 11.6 Å². The standard InChI is InChI=1S/C12H15BrClNO2S2/c1-19(16,17)12-8-18-5-4-15(12)11-3-2-9(7-14)6-10(11)13/h2-3,6,12H,4-5,7-8H2,1H3. The Morgan fingerprint density at radius 2 is 2.26 bits per heavy atom. The Morgan fingerprint density at radius 1 is 1.53 bits per heavy atom. The highest BCUT2D eigenvalue weighted by Crippen LogP contribution is 2.33. The van der Waals surface area contributed by atoms with E-state index in [0.29, 0.717) is 11.6 Å². The zero-order valence-corrected chi connectivity index (χ0v) is 14.4. The molecular weight excluding hydrogens is 370 g/mol. The number of nitrogens with zero attached hydrogens (tertiary/aromatic N) is 1. The van der Waals surface area contributed by atoms with Gasteiger partial charge in [-0.1, -0.05) is 6.07 Å². The molecule has 0 spiro atoms. The number of alkyl halides is 1. The second-order valence-corrected chi connectivity index (χ2v) is 8.95. The SMILES string of the molecule is CS(=O)(=O)C1CSCCN1c1ccc(CCl)cc1Br. The summed E-state index contributed by atoms with van der Waals surface area (Å²) in [5.41, 5.74) is 1.93. The van der Waals surface area contributed by atoms with Gasteiger partial charge >= 0.3 is 0 Å². The van der Waals surface area contributed by atoms with Gasteiger partial charge in [-0.25, -0.2) is 8.42 Å². The molecule has 1 atom stereocenters. The van der Waals surface area contributed by atoms with Gasteiger partial charge in [0.05, 0.1) is 5.69 Å². The topological polar surface area (TPSA) is 37.4 Å². The lowest BCUT2D eigenvalue weighted by molar-refractivity contribution is 0.584. The summed E-state index contributed by atoms with van der Waals surface area (Å²) in [7, 11) is -3.10. The maximum Gasteiger partial charge on any atom is 0.169 e. The number of benzene rings is 1. The van der Waals surface area contributed by atoms with Crippen molar-refractivity contribution in [1.29, 1.82) is 0 Å². The highest BCUT2D eigenvalue weighted by molar-refractivity contribution is 9.10. The summed E-state index contributed by atoms with van der Waals surface area (Å²) >= 11 is 11.0. The van der Waals surface area contributed by atoms with Crippen LogP contribution in [0.1, 0.15) is 5.56 Å². The van der Waals surface area contributed by atoms with Gasteiger partial charge in [0.1, 0.15) is 5.37 Å². The average Bonchev–Trinajstić information content (AvgIpc) is 2.37. The van der Waals surface area contributed by atoms with Crippen molar-refractivity contribution in [2.75, 3.05) is 29.2 Å². The third kappa shape index (κ3) is 3.60. The molecule has 0 saturated carbocycles. The van der Waals surface area contributed by atoms with Crippen molar-refractivity contribution in [3.8, 4) is 0 Å². The first-order valence-electron chi connectivity index (χ1n) is 5.81. The molecule has 1 aliphatic rings. The van der Waals surface area contributed by atoms with Crippen LogP contribution in [0.3, 0.4) is 0 Å². The fraction of sp³-hybridized carbons (Fsp3) is 0.500. The maximum absolute atomic E-state index is 11.9. The molecule has 1 unspecified atom stereocenters. The molecule has 106 valence electrons. The Kier molecular flexibility index (Phi) is 5.09. The largest absolute Gasteiger partial charge is 0.353 e. The van der Waals surface area contributed by atoms with E-state index in [-0.39, 0.29) is 0 Å². The van der Waals surface area contributed by atoms with Crippen molar-refractivity contribution in [2.45, 2.75) is 11.3 Å². The fourth-order valence-electron chi connectivity index (χ4n) is 2.08. The van der Waals surface area contributed by atoms with E-state index in [1.807, 2.05) is 23.1 Å². The van der Waals surface area contributed by atoms with Crippen molar-refractivity contribution in [2.24, 2.45) is 0 Å². The third-order valence-electron chi connectivity index (χ3n) is 3.05. The van der Waals surface area contributed by atoms with Gasteiger partial charge in [0.2, 0.25) is 0 Å². The van der Waals surface area contributed by atoms with E-state index >= 15 is 0 Å². The lowest BCUT2D eigenvalue weighted by Crippen LogP contribution is -2.47. The molecule has 2 rings (SSSR count). The molecule has 0 amide bonds. The Bertz CT molecular complexity index is 565. The monoisotopic (exact) mass is 383 g/mol. The summed E-state index contributed by atoms with van der Waals surface area (Å²) < 4.78 is 24.7. The molecule has 3 nitrogen and oxygen atoms in total. The van der Waals surface area contributed by atoms with Crippen LogP contribution in [0.25, 0.3) is 0 Å². The number of sulfone groups is 1. The van der Waals surface area contributed by atoms with Crippen molar-refractivity contribution in [3.05, 3.63) is 28.2 Å². The summed E-state index contributed by atoms with van der Waals surface area (Å²) in [5, 5.41) is -0.454. The fourth-order valence-corrected chi connectivity index (χ4v) is 5.73. The van der Waals surface area contributed by atoms with Crippen molar-refractivity contribution < 1.29 is 8.42 Å². The van der Waals surface area contributed by atoms with Crippen LogP contribution in [0.15, 0.2) is 22.7 Å². The molecule has 1 aliphatic heterocycles. The van der Waals surface area contributed by atoms with E-state index in [2.05, 4.69) is 15.9 Å². The molecule has 1 saturated heterocycles. The maximum atomic E-state index is 11.9. The number of thioether (sulfide) groups is 1. The molecule has 1 aromatic rings. The summed E-state index contributed by atoms with van der Waals surface area (Å²) in [6, 6.07) is 5.83. The smallest absolute Gasteiger partial charge is 0.169 e. The van der Waals surface area contributed by atoms with Crippen molar-refractivity contribution in [1.82, 2.24) is 0 Å². The molecule has 1 heterocycles. The first kappa shape index (κ1) is 15.5. The van der Waals surface area contributed by atoms with Gasteiger partial charge < -0.3 is 4.90 Å². The van der Waals surface area contributed by atoms with E-state index in [1.54, 1.807) is 11.8 Å². The Labute approximate surface area is 131 Å². The van der Waals surface area contributed by atoms with E-state index < -0.39 is 15.2 Å². The van der Waals surface area contributed by atoms with Crippen LogP contribution in [-0.2, 0) is 15.7 Å². The molecule has 1 aromatic carbocycles. The molecule has 0 aromatic heterocycles. The molecule has 1 fully saturated rings. The quantitative estimate of drug-likeness (QED) is 0.750. The summed E-state index contributed by atoms with van der Waals surface area (Å²) in [6.45, 7) is 0.737. The van der Waals surface area contributed by atoms with E-state index in [1.165, 1.54) is 6.26 Å². The Morgan fingerprint density at radius 3 is 2.84 bits per heavy atom. The van der Waals surface area contributed by atoms with Gasteiger partial charge in [-0.2, -0.15) is 11.8 Å². The van der Waals surface area contributed by atoms with Crippen LogP contribution < -0.4 is 4.90 Å². The number of halogens is 2. The van der Waals surface area contributed by atoms with E-state index in [0.717, 1.165) is 28.0 Å². The summed E-state index contributed by atoms with van der Waals surface area (Å²) in [4.78, 5) is 1.97. The molecular formula is C12H15BrClNO2S2. The minimum absolute atomic E-state index is 0.449. The predicted octanol–water partition coefficient (Wildman–Crippen LogP) is 3.11. The molecule has 7 heteroatoms. The predicted molar refractivity (Wildman–Crippen MR) is 87.0 cm³/mol. The molecule has 0 bridgehead atoms. The lowest BCUT2D eigenvalue weighted by Gasteiger charge is -2.36. The zero-order chi connectivity index (χ0) is 14.0. The lowest BCUT2D eigenvalue weighted by atomic mass is 10.2. The van der Waals surface area contributed by atoms with Crippen LogP contribution >= 0.6 is 39.3 Å². The number of hydrogen-bond acceptors (Lipinski definition) is 4. The number of anilines is 1. The average molecular weight is 385 g/mol. The zero-order valence-electron chi connectivity index (χ0n) is 10.5. The summed E-state index contributed by atoms with van der Waals surface area (Å²) in [6.07, 6.45) is 1.30. The first-order valence-corrected chi connectivity index (χ1v) is 10.2. The van der Waals surface area contributed by atoms with Crippen molar-refractivity contribution >= 4 is 54.8 Å². The van der Waals surface area contributed by atoms with Gasteiger partial charge in [0, 0.05) is 34.7 Å². The second-order valence-electron chi connectivity index (χ2n) is 4.47. The first-order chi connectivity index (χ1) is 8.93. The van der Waals surface area contributed by atoms with Gasteiger partial charge in [0.25, 0.3) is 0 Å². The molecule has 19 heavy (non-hydrogen) atoms. The van der Waals surface area contributed by atoms with Gasteiger partial charge in [0.15, 0.2) is 9.84 Å². The molecule has 0 radical (unpaired) electrons. The van der Waals surface area contributed by atoms with E-state index in [9.17, 15) is 8.42 Å². The van der Waals surface area contributed by atoms with Crippen LogP contribution in [0.5, 0.6) is 0 Å². The van der Waals surface area contributed by atoms with Gasteiger partial charge in [-0.3, -0.25) is 0 Å². The molecule has 0 N–H and O–H groups in total. The third-order valence-corrected chi connectivity index (χ3v) is 6.64. The van der Waals surface area contributed by atoms with Gasteiger partial charge in [-0.05, 0) is 33.6 Å². The normalized spacial score (nSPS) is 20.6. The Hall–Kier alpha value is 0.0900. The highest BCUT2D eigenvalue weighted by Gasteiger charge is 2.31. The van der Waals surface area contributed by atoms with Crippen molar-refractivity contribution in [3.63, 3.8) is 0 Å². The highest BCUT2D eigenvalue weighted by atomic mass is 79.9. The summed E-state index contributed by atoms with van der Waals surface area (Å²) in [5.74, 6) is 2.00. The Balaban J connectivity index is 2.38. The minimum atomic E-state index is -3.10.